The summed E-state index contributed by atoms with van der Waals surface area (Å²) in [4.78, 5) is 0. The second kappa shape index (κ2) is 6.50. The highest BCUT2D eigenvalue weighted by Crippen LogP contribution is 2.37. The van der Waals surface area contributed by atoms with Crippen molar-refractivity contribution in [2.24, 2.45) is 5.73 Å². The van der Waals surface area contributed by atoms with E-state index in [0.29, 0.717) is 5.46 Å². The second-order valence-corrected chi connectivity index (χ2v) is 7.07. The zero-order valence-corrected chi connectivity index (χ0v) is 14.8. The Bertz CT molecular complexity index is 640. The number of hydrogen-bond acceptors (Lipinski definition) is 4. The minimum absolute atomic E-state index is 0.157. The number of halogens is 3. The Hall–Kier alpha value is -1.38. The van der Waals surface area contributed by atoms with Crippen molar-refractivity contribution in [2.45, 2.75) is 45.3 Å². The number of nitrogens with one attached hydrogen (secondary N) is 2. The molecule has 2 rings (SSSR count). The predicted octanol–water partition coefficient (Wildman–Crippen LogP) is 2.60. The number of alkyl halides is 2. The molecule has 132 valence electrons. The van der Waals surface area contributed by atoms with E-state index in [-0.39, 0.29) is 22.1 Å². The van der Waals surface area contributed by atoms with E-state index in [1.165, 1.54) is 0 Å². The van der Waals surface area contributed by atoms with Crippen molar-refractivity contribution >= 4 is 35.7 Å². The number of nitrogen functional groups attached to an aromatic ring is 1. The zero-order chi connectivity index (χ0) is 18.3. The molecule has 1 aliphatic heterocycles. The molecular formula is C15H21BClF2N3O2. The van der Waals surface area contributed by atoms with Crippen LogP contribution >= 0.6 is 11.6 Å². The zero-order valence-electron chi connectivity index (χ0n) is 14.0. The van der Waals surface area contributed by atoms with Crippen LogP contribution in [0.4, 0.5) is 14.5 Å². The molecule has 0 radical (unpaired) electrons. The van der Waals surface area contributed by atoms with Crippen LogP contribution in [0.3, 0.4) is 0 Å². The van der Waals surface area contributed by atoms with Crippen LogP contribution in [0.1, 0.15) is 33.3 Å². The van der Waals surface area contributed by atoms with Crippen molar-refractivity contribution in [2.75, 3.05) is 11.9 Å². The molecule has 5 nitrogen and oxygen atoms in total. The summed E-state index contributed by atoms with van der Waals surface area (Å²) >= 11 is 6.10. The Morgan fingerprint density at radius 2 is 1.83 bits per heavy atom. The third-order valence-electron chi connectivity index (χ3n) is 4.40. The van der Waals surface area contributed by atoms with Crippen LogP contribution in [0, 0.1) is 5.41 Å². The molecule has 0 aromatic heterocycles. The number of benzene rings is 1. The van der Waals surface area contributed by atoms with Gasteiger partial charge in [0.25, 0.3) is 6.43 Å². The monoisotopic (exact) mass is 359 g/mol. The largest absolute Gasteiger partial charge is 0.496 e. The van der Waals surface area contributed by atoms with Gasteiger partial charge >= 0.3 is 7.12 Å². The smallest absolute Gasteiger partial charge is 0.399 e. The Morgan fingerprint density at radius 3 is 2.29 bits per heavy atom. The minimum atomic E-state index is -2.57. The fourth-order valence-corrected chi connectivity index (χ4v) is 2.65. The summed E-state index contributed by atoms with van der Waals surface area (Å²) in [5, 5.41) is 10.5. The molecule has 0 spiro atoms. The molecule has 1 heterocycles. The van der Waals surface area contributed by atoms with Crippen molar-refractivity contribution in [1.82, 2.24) is 0 Å². The van der Waals surface area contributed by atoms with Crippen LogP contribution in [0.2, 0.25) is 5.02 Å². The van der Waals surface area contributed by atoms with E-state index in [4.69, 9.17) is 32.1 Å². The first kappa shape index (κ1) is 19.0. The van der Waals surface area contributed by atoms with Crippen LogP contribution in [0.25, 0.3) is 0 Å². The Labute approximate surface area is 145 Å². The molecule has 0 aliphatic carbocycles. The molecule has 1 aromatic rings. The summed E-state index contributed by atoms with van der Waals surface area (Å²) in [5.41, 5.74) is 5.27. The van der Waals surface area contributed by atoms with Crippen LogP contribution in [-0.4, -0.2) is 37.1 Å². The van der Waals surface area contributed by atoms with E-state index < -0.39 is 31.3 Å². The van der Waals surface area contributed by atoms with E-state index in [9.17, 15) is 8.78 Å². The van der Waals surface area contributed by atoms with Gasteiger partial charge in [-0.05, 0) is 33.8 Å². The van der Waals surface area contributed by atoms with Crippen molar-refractivity contribution in [3.63, 3.8) is 0 Å². The summed E-state index contributed by atoms with van der Waals surface area (Å²) in [6, 6.07) is 3.18. The van der Waals surface area contributed by atoms with Crippen molar-refractivity contribution in [1.29, 1.82) is 5.41 Å². The Kier molecular flexibility index (Phi) is 5.13. The number of amidine groups is 1. The lowest BCUT2D eigenvalue weighted by molar-refractivity contribution is 0.00578. The highest BCUT2D eigenvalue weighted by atomic mass is 35.5. The van der Waals surface area contributed by atoms with Gasteiger partial charge in [-0.15, -0.1) is 0 Å². The molecule has 0 unspecified atom stereocenters. The third kappa shape index (κ3) is 3.50. The summed E-state index contributed by atoms with van der Waals surface area (Å²) in [7, 11) is -0.787. The van der Waals surface area contributed by atoms with E-state index in [0.717, 1.165) is 0 Å². The van der Waals surface area contributed by atoms with Gasteiger partial charge in [0.2, 0.25) is 0 Å². The number of rotatable bonds is 5. The molecule has 1 aliphatic rings. The van der Waals surface area contributed by atoms with Gasteiger partial charge in [-0.2, -0.15) is 0 Å². The topological polar surface area (TPSA) is 80.4 Å². The predicted molar refractivity (Wildman–Crippen MR) is 92.7 cm³/mol. The lowest BCUT2D eigenvalue weighted by Crippen LogP contribution is -2.41. The lowest BCUT2D eigenvalue weighted by Gasteiger charge is -2.32. The molecular weight excluding hydrogens is 338 g/mol. The molecule has 24 heavy (non-hydrogen) atoms. The van der Waals surface area contributed by atoms with Gasteiger partial charge in [0.05, 0.1) is 28.3 Å². The summed E-state index contributed by atoms with van der Waals surface area (Å²) in [5.74, 6) is -0.324. The summed E-state index contributed by atoms with van der Waals surface area (Å²) in [6.45, 7) is 6.96. The molecule has 0 bridgehead atoms. The maximum Gasteiger partial charge on any atom is 0.496 e. The third-order valence-corrected chi connectivity index (χ3v) is 4.71. The van der Waals surface area contributed by atoms with Crippen LogP contribution < -0.4 is 16.5 Å². The fourth-order valence-electron chi connectivity index (χ4n) is 2.39. The molecule has 0 saturated carbocycles. The molecule has 1 aromatic carbocycles. The molecule has 0 atom stereocenters. The van der Waals surface area contributed by atoms with Gasteiger partial charge in [-0.1, -0.05) is 17.7 Å². The molecule has 1 fully saturated rings. The molecule has 9 heteroatoms. The lowest BCUT2D eigenvalue weighted by atomic mass is 9.76. The first-order valence-corrected chi connectivity index (χ1v) is 7.88. The normalized spacial score (nSPS) is 18.9. The minimum Gasteiger partial charge on any atom is -0.399 e. The van der Waals surface area contributed by atoms with Gasteiger partial charge in [0.15, 0.2) is 0 Å². The maximum atomic E-state index is 12.7. The maximum absolute atomic E-state index is 12.7. The highest BCUT2D eigenvalue weighted by molar-refractivity contribution is 6.64. The number of nitrogens with two attached hydrogens (primary N) is 1. The van der Waals surface area contributed by atoms with Gasteiger partial charge in [0, 0.05) is 11.2 Å². The fraction of sp³-hybridized carbons (Fsp3) is 0.533. The number of anilines is 1. The van der Waals surface area contributed by atoms with Crippen LogP contribution in [0.5, 0.6) is 0 Å². The second-order valence-electron chi connectivity index (χ2n) is 6.66. The van der Waals surface area contributed by atoms with Gasteiger partial charge < -0.3 is 20.4 Å². The van der Waals surface area contributed by atoms with Gasteiger partial charge in [0.1, 0.15) is 5.84 Å². The average molecular weight is 360 g/mol. The quantitative estimate of drug-likeness (QED) is 0.429. The molecule has 0 amide bonds. The van der Waals surface area contributed by atoms with Crippen LogP contribution in [-0.2, 0) is 9.31 Å². The highest BCUT2D eigenvalue weighted by Gasteiger charge is 2.52. The molecule has 4 N–H and O–H groups in total. The molecule has 1 saturated heterocycles. The van der Waals surface area contributed by atoms with Crippen LogP contribution in [0.15, 0.2) is 12.1 Å². The first-order chi connectivity index (χ1) is 11.0. The standard InChI is InChI=1S/C15H21BClF2N3O2/c1-14(2)15(3,4)24-16(23-14)8-5-6-9(17)11(13(20)21)12(8)22-7-10(18)19/h5-6,10,22H,7H2,1-4H3,(H3,20,21). The van der Waals surface area contributed by atoms with Crippen molar-refractivity contribution < 1.29 is 18.1 Å². The Morgan fingerprint density at radius 1 is 1.29 bits per heavy atom. The van der Waals surface area contributed by atoms with E-state index in [2.05, 4.69) is 5.32 Å². The van der Waals surface area contributed by atoms with E-state index >= 15 is 0 Å². The first-order valence-electron chi connectivity index (χ1n) is 7.50. The average Bonchev–Trinajstić information content (AvgIpc) is 2.64. The SMILES string of the molecule is CC1(C)OB(c2ccc(Cl)c(C(=N)N)c2NCC(F)F)OC1(C)C. The van der Waals surface area contributed by atoms with Crippen molar-refractivity contribution in [3.05, 3.63) is 22.7 Å². The Balaban J connectivity index is 2.50. The van der Waals surface area contributed by atoms with Crippen molar-refractivity contribution in [3.8, 4) is 0 Å². The van der Waals surface area contributed by atoms with Gasteiger partial charge in [-0.3, -0.25) is 5.41 Å². The van der Waals surface area contributed by atoms with Gasteiger partial charge in [-0.25, -0.2) is 8.78 Å². The van der Waals surface area contributed by atoms with E-state index in [1.54, 1.807) is 12.1 Å². The number of hydrogen-bond donors (Lipinski definition) is 3. The summed E-state index contributed by atoms with van der Waals surface area (Å²) < 4.78 is 37.3. The summed E-state index contributed by atoms with van der Waals surface area (Å²) in [6.07, 6.45) is -2.57. The van der Waals surface area contributed by atoms with E-state index in [1.807, 2.05) is 27.7 Å².